The van der Waals surface area contributed by atoms with Gasteiger partial charge in [-0.3, -0.25) is 9.69 Å². The van der Waals surface area contributed by atoms with Gasteiger partial charge < -0.3 is 4.74 Å². The molecular weight excluding hydrogens is 166 g/mol. The van der Waals surface area contributed by atoms with Gasteiger partial charge in [-0.2, -0.15) is 0 Å². The van der Waals surface area contributed by atoms with Gasteiger partial charge >= 0.3 is 5.97 Å². The summed E-state index contributed by atoms with van der Waals surface area (Å²) in [5.74, 6) is -0.0426. The van der Waals surface area contributed by atoms with E-state index in [0.717, 1.165) is 13.1 Å². The number of hydrogen-bond donors (Lipinski definition) is 0. The third kappa shape index (κ3) is 3.35. The fourth-order valence-corrected chi connectivity index (χ4v) is 1.45. The summed E-state index contributed by atoms with van der Waals surface area (Å²) in [6.45, 7) is 6.49. The van der Waals surface area contributed by atoms with Crippen molar-refractivity contribution in [3.63, 3.8) is 0 Å². The Labute approximate surface area is 80.1 Å². The molecule has 1 fully saturated rings. The molecule has 0 aliphatic carbocycles. The van der Waals surface area contributed by atoms with Gasteiger partial charge in [-0.15, -0.1) is 0 Å². The van der Waals surface area contributed by atoms with Crippen molar-refractivity contribution in [2.75, 3.05) is 19.7 Å². The van der Waals surface area contributed by atoms with Gasteiger partial charge in [0.15, 0.2) is 0 Å². The largest absolute Gasteiger partial charge is 0.465 e. The second-order valence-electron chi connectivity index (χ2n) is 3.47. The Morgan fingerprint density at radius 1 is 1.46 bits per heavy atom. The summed E-state index contributed by atoms with van der Waals surface area (Å²) in [4.78, 5) is 13.4. The van der Waals surface area contributed by atoms with E-state index in [0.29, 0.717) is 6.61 Å². The molecular formula is C10H19NO2. The average Bonchev–Trinajstić information content (AvgIpc) is 2.85. The number of ether oxygens (including phenoxy) is 1. The summed E-state index contributed by atoms with van der Waals surface area (Å²) < 4.78 is 4.92. The molecule has 0 spiro atoms. The van der Waals surface area contributed by atoms with Crippen LogP contribution >= 0.6 is 0 Å². The molecule has 1 aliphatic rings. The van der Waals surface area contributed by atoms with Crippen molar-refractivity contribution in [2.24, 2.45) is 0 Å². The van der Waals surface area contributed by atoms with Crippen molar-refractivity contribution in [3.8, 4) is 0 Å². The quantitative estimate of drug-likeness (QED) is 0.356. The number of esters is 1. The molecule has 1 rings (SSSR count). The Bertz CT molecular complexity index is 170. The van der Waals surface area contributed by atoms with E-state index in [-0.39, 0.29) is 12.0 Å². The lowest BCUT2D eigenvalue weighted by Gasteiger charge is -2.02. The van der Waals surface area contributed by atoms with E-state index in [9.17, 15) is 4.79 Å². The average molecular weight is 185 g/mol. The SMILES string of the molecule is CCCCCN1CC1C(=O)OCC. The number of unbranched alkanes of at least 4 members (excludes halogenated alkanes) is 2. The van der Waals surface area contributed by atoms with Gasteiger partial charge in [0.25, 0.3) is 0 Å². The van der Waals surface area contributed by atoms with Crippen molar-refractivity contribution in [1.29, 1.82) is 0 Å². The van der Waals surface area contributed by atoms with Crippen molar-refractivity contribution in [2.45, 2.75) is 39.2 Å². The fraction of sp³-hybridized carbons (Fsp3) is 0.900. The number of carbonyl (C=O) groups is 1. The summed E-state index contributed by atoms with van der Waals surface area (Å²) in [7, 11) is 0. The zero-order valence-electron chi connectivity index (χ0n) is 8.58. The van der Waals surface area contributed by atoms with Crippen molar-refractivity contribution in [3.05, 3.63) is 0 Å². The number of nitrogens with zero attached hydrogens (tertiary/aromatic N) is 1. The molecule has 76 valence electrons. The first-order valence-electron chi connectivity index (χ1n) is 5.20. The first-order chi connectivity index (χ1) is 6.29. The molecule has 0 aromatic rings. The van der Waals surface area contributed by atoms with E-state index in [1.165, 1.54) is 19.3 Å². The molecule has 3 nitrogen and oxygen atoms in total. The number of carbonyl (C=O) groups excluding carboxylic acids is 1. The Balaban J connectivity index is 2.04. The summed E-state index contributed by atoms with van der Waals surface area (Å²) >= 11 is 0. The summed E-state index contributed by atoms with van der Waals surface area (Å²) in [6.07, 6.45) is 3.69. The smallest absolute Gasteiger partial charge is 0.324 e. The second-order valence-corrected chi connectivity index (χ2v) is 3.47. The lowest BCUT2D eigenvalue weighted by Crippen LogP contribution is -2.16. The molecule has 0 aromatic heterocycles. The van der Waals surface area contributed by atoms with Crippen LogP contribution in [0.1, 0.15) is 33.1 Å². The van der Waals surface area contributed by atoms with Gasteiger partial charge in [0.2, 0.25) is 0 Å². The van der Waals surface area contributed by atoms with Gasteiger partial charge in [-0.25, -0.2) is 0 Å². The molecule has 1 aliphatic heterocycles. The van der Waals surface area contributed by atoms with E-state index in [1.54, 1.807) is 0 Å². The standard InChI is InChI=1S/C10H19NO2/c1-3-5-6-7-11-8-9(11)10(12)13-4-2/h9H,3-8H2,1-2H3. The zero-order valence-corrected chi connectivity index (χ0v) is 8.58. The molecule has 1 heterocycles. The maximum atomic E-state index is 11.2. The molecule has 2 unspecified atom stereocenters. The Morgan fingerprint density at radius 2 is 2.23 bits per heavy atom. The van der Waals surface area contributed by atoms with Crippen LogP contribution in [0, 0.1) is 0 Å². The van der Waals surface area contributed by atoms with Gasteiger partial charge in [-0.1, -0.05) is 19.8 Å². The molecule has 0 radical (unpaired) electrons. The third-order valence-electron chi connectivity index (χ3n) is 2.32. The second kappa shape index (κ2) is 5.22. The number of rotatable bonds is 6. The molecule has 0 bridgehead atoms. The summed E-state index contributed by atoms with van der Waals surface area (Å²) in [5, 5.41) is 0. The van der Waals surface area contributed by atoms with Crippen LogP contribution in [0.15, 0.2) is 0 Å². The van der Waals surface area contributed by atoms with E-state index in [1.807, 2.05) is 6.92 Å². The first-order valence-corrected chi connectivity index (χ1v) is 5.20. The predicted octanol–water partition coefficient (Wildman–Crippen LogP) is 1.42. The minimum Gasteiger partial charge on any atom is -0.465 e. The zero-order chi connectivity index (χ0) is 9.68. The maximum absolute atomic E-state index is 11.2. The van der Waals surface area contributed by atoms with E-state index >= 15 is 0 Å². The minimum atomic E-state index is -0.0426. The van der Waals surface area contributed by atoms with Crippen molar-refractivity contribution < 1.29 is 9.53 Å². The van der Waals surface area contributed by atoms with Gasteiger partial charge in [0.05, 0.1) is 6.61 Å². The molecule has 2 atom stereocenters. The molecule has 0 saturated carbocycles. The Kier molecular flexibility index (Phi) is 4.22. The van der Waals surface area contributed by atoms with Crippen molar-refractivity contribution in [1.82, 2.24) is 4.90 Å². The molecule has 0 N–H and O–H groups in total. The highest BCUT2D eigenvalue weighted by Crippen LogP contribution is 2.19. The van der Waals surface area contributed by atoms with Crippen LogP contribution in [0.2, 0.25) is 0 Å². The van der Waals surface area contributed by atoms with Crippen LogP contribution in [0.4, 0.5) is 0 Å². The first kappa shape index (κ1) is 10.5. The van der Waals surface area contributed by atoms with E-state index in [2.05, 4.69) is 11.8 Å². The summed E-state index contributed by atoms with van der Waals surface area (Å²) in [5.41, 5.74) is 0. The van der Waals surface area contributed by atoms with Gasteiger partial charge in [-0.05, 0) is 19.9 Å². The lowest BCUT2D eigenvalue weighted by molar-refractivity contribution is -0.143. The molecule has 0 aromatic carbocycles. The topological polar surface area (TPSA) is 29.3 Å². The predicted molar refractivity (Wildman–Crippen MR) is 51.5 cm³/mol. The van der Waals surface area contributed by atoms with E-state index < -0.39 is 0 Å². The van der Waals surface area contributed by atoms with Crippen LogP contribution in [-0.4, -0.2) is 36.6 Å². The van der Waals surface area contributed by atoms with Crippen LogP contribution < -0.4 is 0 Å². The molecule has 1 saturated heterocycles. The monoisotopic (exact) mass is 185 g/mol. The van der Waals surface area contributed by atoms with Crippen LogP contribution in [0.5, 0.6) is 0 Å². The molecule has 13 heavy (non-hydrogen) atoms. The van der Waals surface area contributed by atoms with Crippen LogP contribution in [0.3, 0.4) is 0 Å². The Hall–Kier alpha value is -0.570. The van der Waals surface area contributed by atoms with Crippen molar-refractivity contribution >= 4 is 5.97 Å². The number of hydrogen-bond acceptors (Lipinski definition) is 3. The maximum Gasteiger partial charge on any atom is 0.324 e. The lowest BCUT2D eigenvalue weighted by atomic mass is 10.2. The van der Waals surface area contributed by atoms with Crippen LogP contribution in [-0.2, 0) is 9.53 Å². The van der Waals surface area contributed by atoms with Crippen LogP contribution in [0.25, 0.3) is 0 Å². The minimum absolute atomic E-state index is 0.0426. The van der Waals surface area contributed by atoms with Gasteiger partial charge in [0, 0.05) is 6.54 Å². The molecule has 0 amide bonds. The highest BCUT2D eigenvalue weighted by Gasteiger charge is 2.40. The summed E-state index contributed by atoms with van der Waals surface area (Å²) in [6, 6.07) is 0.0804. The molecule has 3 heteroatoms. The normalized spacial score (nSPS) is 25.7. The Morgan fingerprint density at radius 3 is 2.85 bits per heavy atom. The third-order valence-corrected chi connectivity index (χ3v) is 2.32. The van der Waals surface area contributed by atoms with E-state index in [4.69, 9.17) is 4.74 Å². The van der Waals surface area contributed by atoms with Gasteiger partial charge in [0.1, 0.15) is 6.04 Å². The highest BCUT2D eigenvalue weighted by molar-refractivity contribution is 5.79. The fourth-order valence-electron chi connectivity index (χ4n) is 1.45. The highest BCUT2D eigenvalue weighted by atomic mass is 16.5.